The first-order valence-corrected chi connectivity index (χ1v) is 7.15. The van der Waals surface area contributed by atoms with Crippen molar-refractivity contribution in [1.82, 2.24) is 0 Å². The van der Waals surface area contributed by atoms with Crippen molar-refractivity contribution in [2.24, 2.45) is 11.3 Å². The van der Waals surface area contributed by atoms with Gasteiger partial charge in [0, 0.05) is 12.3 Å². The first-order valence-electron chi connectivity index (χ1n) is 7.15. The fourth-order valence-electron chi connectivity index (χ4n) is 4.78. The van der Waals surface area contributed by atoms with E-state index in [9.17, 15) is 9.82 Å². The molecule has 0 aromatic carbocycles. The lowest BCUT2D eigenvalue weighted by atomic mass is 9.50. The van der Waals surface area contributed by atoms with Crippen LogP contribution in [0.1, 0.15) is 51.9 Å². The van der Waals surface area contributed by atoms with Gasteiger partial charge in [-0.3, -0.25) is 4.79 Å². The number of ketones is 1. The minimum Gasteiger partial charge on any atom is -0.423 e. The summed E-state index contributed by atoms with van der Waals surface area (Å²) in [5.41, 5.74) is -0.0253. The standard InChI is InChI=1S/C14H21BO3/c1-3-13-8-4-6-11-10(2)15(17)18-14(11,13)9-5-7-12(13)16/h11,17H,2-9H2,1H3/t11?,13-,14+/m0/s1. The van der Waals surface area contributed by atoms with Gasteiger partial charge >= 0.3 is 7.12 Å². The highest BCUT2D eigenvalue weighted by atomic mass is 16.5. The Labute approximate surface area is 109 Å². The highest BCUT2D eigenvalue weighted by Crippen LogP contribution is 2.62. The summed E-state index contributed by atoms with van der Waals surface area (Å²) < 4.78 is 5.97. The molecule has 1 heterocycles. The van der Waals surface area contributed by atoms with Crippen LogP contribution in [0.25, 0.3) is 0 Å². The molecule has 0 aromatic heterocycles. The molecule has 1 spiro atoms. The van der Waals surface area contributed by atoms with Crippen LogP contribution in [0.5, 0.6) is 0 Å². The van der Waals surface area contributed by atoms with Gasteiger partial charge in [0.25, 0.3) is 0 Å². The Balaban J connectivity index is 2.12. The summed E-state index contributed by atoms with van der Waals surface area (Å²) in [6.07, 6.45) is 6.24. The van der Waals surface area contributed by atoms with E-state index in [1.54, 1.807) is 0 Å². The fraction of sp³-hybridized carbons (Fsp3) is 0.786. The van der Waals surface area contributed by atoms with Crippen LogP contribution in [0, 0.1) is 11.3 Å². The van der Waals surface area contributed by atoms with Gasteiger partial charge in [-0.25, -0.2) is 0 Å². The summed E-state index contributed by atoms with van der Waals surface area (Å²) in [5, 5.41) is 10.0. The average molecular weight is 248 g/mol. The van der Waals surface area contributed by atoms with Gasteiger partial charge in [0.1, 0.15) is 5.78 Å². The molecular weight excluding hydrogens is 227 g/mol. The summed E-state index contributed by atoms with van der Waals surface area (Å²) in [7, 11) is -0.870. The van der Waals surface area contributed by atoms with E-state index in [1.807, 2.05) is 0 Å². The van der Waals surface area contributed by atoms with Crippen LogP contribution in [-0.4, -0.2) is 23.5 Å². The van der Waals surface area contributed by atoms with E-state index in [2.05, 4.69) is 13.5 Å². The van der Waals surface area contributed by atoms with Crippen molar-refractivity contribution < 1.29 is 14.5 Å². The zero-order chi connectivity index (χ0) is 13.0. The first-order chi connectivity index (χ1) is 8.57. The molecule has 0 radical (unpaired) electrons. The molecule has 3 nitrogen and oxygen atoms in total. The Kier molecular flexibility index (Phi) is 2.72. The maximum absolute atomic E-state index is 12.5. The third kappa shape index (κ3) is 1.26. The zero-order valence-electron chi connectivity index (χ0n) is 11.1. The monoisotopic (exact) mass is 248 g/mol. The van der Waals surface area contributed by atoms with E-state index < -0.39 is 12.7 Å². The summed E-state index contributed by atoms with van der Waals surface area (Å²) in [6, 6.07) is 0. The lowest BCUT2D eigenvalue weighted by Gasteiger charge is -2.56. The van der Waals surface area contributed by atoms with Crippen molar-refractivity contribution in [3.63, 3.8) is 0 Å². The van der Waals surface area contributed by atoms with E-state index in [4.69, 9.17) is 4.65 Å². The molecule has 2 aliphatic carbocycles. The number of Topliss-reactive ketones (excluding diaryl/α,β-unsaturated/α-hetero) is 1. The van der Waals surface area contributed by atoms with E-state index >= 15 is 0 Å². The van der Waals surface area contributed by atoms with E-state index in [-0.39, 0.29) is 11.3 Å². The Bertz CT molecular complexity index is 408. The van der Waals surface area contributed by atoms with Crippen LogP contribution in [0.3, 0.4) is 0 Å². The fourth-order valence-corrected chi connectivity index (χ4v) is 4.78. The molecule has 0 aromatic rings. The second kappa shape index (κ2) is 3.94. The lowest BCUT2D eigenvalue weighted by molar-refractivity contribution is -0.168. The molecule has 0 amide bonds. The molecule has 98 valence electrons. The Hall–Kier alpha value is -0.605. The molecular formula is C14H21BO3. The molecule has 3 fully saturated rings. The van der Waals surface area contributed by atoms with E-state index in [0.717, 1.165) is 44.0 Å². The zero-order valence-corrected chi connectivity index (χ0v) is 11.1. The van der Waals surface area contributed by atoms with Gasteiger partial charge in [0.2, 0.25) is 0 Å². The molecule has 1 N–H and O–H groups in total. The minimum absolute atomic E-state index is 0.172. The molecule has 1 saturated heterocycles. The van der Waals surface area contributed by atoms with Crippen LogP contribution < -0.4 is 0 Å². The van der Waals surface area contributed by atoms with Gasteiger partial charge in [0.05, 0.1) is 11.0 Å². The molecule has 4 heteroatoms. The van der Waals surface area contributed by atoms with Gasteiger partial charge < -0.3 is 9.68 Å². The third-order valence-corrected chi connectivity index (χ3v) is 5.65. The predicted molar refractivity (Wildman–Crippen MR) is 69.9 cm³/mol. The summed E-state index contributed by atoms with van der Waals surface area (Å²) in [4.78, 5) is 12.5. The molecule has 3 aliphatic rings. The molecule has 18 heavy (non-hydrogen) atoms. The quantitative estimate of drug-likeness (QED) is 0.724. The number of carbonyl (C=O) groups is 1. The van der Waals surface area contributed by atoms with Gasteiger partial charge in [-0.05, 0) is 37.6 Å². The summed E-state index contributed by atoms with van der Waals surface area (Å²) in [5.74, 6) is 0.522. The maximum Gasteiger partial charge on any atom is 0.487 e. The largest absolute Gasteiger partial charge is 0.487 e. The molecule has 3 rings (SSSR count). The molecule has 2 saturated carbocycles. The number of rotatable bonds is 1. The highest BCUT2D eigenvalue weighted by molar-refractivity contribution is 6.53. The van der Waals surface area contributed by atoms with Crippen LogP contribution in [-0.2, 0) is 9.45 Å². The summed E-state index contributed by atoms with van der Waals surface area (Å²) in [6.45, 7) is 6.10. The molecule has 3 atom stereocenters. The van der Waals surface area contributed by atoms with Crippen LogP contribution >= 0.6 is 0 Å². The van der Waals surface area contributed by atoms with Crippen LogP contribution in [0.15, 0.2) is 12.1 Å². The normalized spacial score (nSPS) is 43.9. The number of carbonyl (C=O) groups excluding carboxylic acids is 1. The van der Waals surface area contributed by atoms with Gasteiger partial charge in [0.15, 0.2) is 0 Å². The van der Waals surface area contributed by atoms with Crippen molar-refractivity contribution in [2.75, 3.05) is 0 Å². The Morgan fingerprint density at radius 1 is 1.50 bits per heavy atom. The maximum atomic E-state index is 12.5. The number of hydrogen-bond acceptors (Lipinski definition) is 3. The van der Waals surface area contributed by atoms with E-state index in [0.29, 0.717) is 12.2 Å². The van der Waals surface area contributed by atoms with Crippen molar-refractivity contribution in [1.29, 1.82) is 0 Å². The van der Waals surface area contributed by atoms with Crippen molar-refractivity contribution in [2.45, 2.75) is 57.5 Å². The lowest BCUT2D eigenvalue weighted by Crippen LogP contribution is -2.61. The molecule has 1 aliphatic heterocycles. The van der Waals surface area contributed by atoms with Gasteiger partial charge in [-0.1, -0.05) is 13.3 Å². The molecule has 0 bridgehead atoms. The van der Waals surface area contributed by atoms with Gasteiger partial charge in [-0.2, -0.15) is 0 Å². The highest BCUT2D eigenvalue weighted by Gasteiger charge is 2.67. The Morgan fingerprint density at radius 2 is 2.28 bits per heavy atom. The second-order valence-electron chi connectivity index (χ2n) is 6.09. The average Bonchev–Trinajstić information content (AvgIpc) is 2.61. The molecule has 1 unspecified atom stereocenters. The van der Waals surface area contributed by atoms with Crippen molar-refractivity contribution in [3.05, 3.63) is 12.1 Å². The second-order valence-corrected chi connectivity index (χ2v) is 6.09. The summed E-state index contributed by atoms with van der Waals surface area (Å²) >= 11 is 0. The van der Waals surface area contributed by atoms with Crippen LogP contribution in [0.4, 0.5) is 0 Å². The van der Waals surface area contributed by atoms with Crippen molar-refractivity contribution in [3.8, 4) is 0 Å². The van der Waals surface area contributed by atoms with Gasteiger partial charge in [-0.15, -0.1) is 6.58 Å². The minimum atomic E-state index is -0.870. The van der Waals surface area contributed by atoms with Crippen LogP contribution in [0.2, 0.25) is 0 Å². The smallest absolute Gasteiger partial charge is 0.423 e. The van der Waals surface area contributed by atoms with E-state index in [1.165, 1.54) is 0 Å². The topological polar surface area (TPSA) is 46.5 Å². The third-order valence-electron chi connectivity index (χ3n) is 5.65. The predicted octanol–water partition coefficient (Wildman–Crippen LogP) is 2.28. The SMILES string of the molecule is C=C1B(O)O[C@@]23CCCC(=O)[C@]2(CC)CCCC13. The van der Waals surface area contributed by atoms with Crippen molar-refractivity contribution >= 4 is 12.9 Å². The number of hydrogen-bond donors (Lipinski definition) is 1. The first kappa shape index (κ1) is 12.4. The Morgan fingerprint density at radius 3 is 3.00 bits per heavy atom.